The highest BCUT2D eigenvalue weighted by atomic mass is 79.9. The number of benzene rings is 1. The van der Waals surface area contributed by atoms with E-state index in [-0.39, 0.29) is 5.56 Å². The van der Waals surface area contributed by atoms with Crippen LogP contribution in [0.2, 0.25) is 0 Å². The maximum Gasteiger partial charge on any atom is 0.265 e. The zero-order chi connectivity index (χ0) is 13.2. The third kappa shape index (κ3) is 2.32. The topological polar surface area (TPSA) is 76.5 Å². The van der Waals surface area contributed by atoms with Crippen molar-refractivity contribution in [1.29, 1.82) is 0 Å². The SMILES string of the molecule is O=c1[nH]c(-c2cnn(-c3ccccc3)n2)ncc1Br. The Morgan fingerprint density at radius 2 is 1.95 bits per heavy atom. The Bertz CT molecular complexity index is 765. The molecule has 1 aromatic carbocycles. The summed E-state index contributed by atoms with van der Waals surface area (Å²) < 4.78 is 0.381. The highest BCUT2D eigenvalue weighted by Gasteiger charge is 2.08. The lowest BCUT2D eigenvalue weighted by atomic mass is 10.3. The van der Waals surface area contributed by atoms with Crippen molar-refractivity contribution in [3.63, 3.8) is 0 Å². The molecule has 0 aliphatic carbocycles. The maximum atomic E-state index is 11.5. The first-order valence-electron chi connectivity index (χ1n) is 5.47. The molecular weight excluding hydrogens is 310 g/mol. The fourth-order valence-electron chi connectivity index (χ4n) is 1.57. The summed E-state index contributed by atoms with van der Waals surface area (Å²) in [7, 11) is 0. The van der Waals surface area contributed by atoms with E-state index in [1.54, 1.807) is 6.20 Å². The summed E-state index contributed by atoms with van der Waals surface area (Å²) >= 11 is 3.10. The van der Waals surface area contributed by atoms with Crippen LogP contribution in [0.1, 0.15) is 0 Å². The van der Waals surface area contributed by atoms with Crippen molar-refractivity contribution in [2.75, 3.05) is 0 Å². The van der Waals surface area contributed by atoms with E-state index in [9.17, 15) is 4.79 Å². The number of aromatic amines is 1. The predicted molar refractivity (Wildman–Crippen MR) is 72.9 cm³/mol. The van der Waals surface area contributed by atoms with Crippen molar-refractivity contribution < 1.29 is 0 Å². The van der Waals surface area contributed by atoms with Crippen LogP contribution in [0.25, 0.3) is 17.2 Å². The second-order valence-electron chi connectivity index (χ2n) is 3.76. The van der Waals surface area contributed by atoms with Crippen LogP contribution in [0.3, 0.4) is 0 Å². The fourth-order valence-corrected chi connectivity index (χ4v) is 1.77. The van der Waals surface area contributed by atoms with Crippen LogP contribution in [0, 0.1) is 0 Å². The number of para-hydroxylation sites is 1. The number of hydrogen-bond acceptors (Lipinski definition) is 4. The molecule has 0 aliphatic rings. The van der Waals surface area contributed by atoms with Crippen molar-refractivity contribution in [1.82, 2.24) is 25.0 Å². The van der Waals surface area contributed by atoms with Crippen LogP contribution in [0.4, 0.5) is 0 Å². The Kier molecular flexibility index (Phi) is 2.96. The highest BCUT2D eigenvalue weighted by Crippen LogP contribution is 2.12. The molecule has 3 rings (SSSR count). The van der Waals surface area contributed by atoms with Crippen LogP contribution in [0.15, 0.2) is 52.0 Å². The van der Waals surface area contributed by atoms with E-state index in [4.69, 9.17) is 0 Å². The Morgan fingerprint density at radius 1 is 1.16 bits per heavy atom. The molecule has 1 N–H and O–H groups in total. The number of aromatic nitrogens is 5. The van der Waals surface area contributed by atoms with Gasteiger partial charge < -0.3 is 4.98 Å². The molecule has 19 heavy (non-hydrogen) atoms. The lowest BCUT2D eigenvalue weighted by molar-refractivity contribution is 0.752. The molecule has 2 aromatic heterocycles. The Hall–Kier alpha value is -2.28. The van der Waals surface area contributed by atoms with Gasteiger partial charge in [0.2, 0.25) is 0 Å². The second kappa shape index (κ2) is 4.77. The Balaban J connectivity index is 2.02. The average molecular weight is 318 g/mol. The summed E-state index contributed by atoms with van der Waals surface area (Å²) in [5.41, 5.74) is 1.10. The molecule has 94 valence electrons. The van der Waals surface area contributed by atoms with Gasteiger partial charge in [0, 0.05) is 6.20 Å². The predicted octanol–water partition coefficient (Wildman–Crippen LogP) is 1.78. The minimum atomic E-state index is -0.251. The molecule has 0 bridgehead atoms. The van der Waals surface area contributed by atoms with Crippen LogP contribution < -0.4 is 5.56 Å². The molecule has 2 heterocycles. The van der Waals surface area contributed by atoms with Crippen LogP contribution >= 0.6 is 15.9 Å². The van der Waals surface area contributed by atoms with Gasteiger partial charge in [-0.05, 0) is 28.1 Å². The van der Waals surface area contributed by atoms with Crippen molar-refractivity contribution in [2.24, 2.45) is 0 Å². The monoisotopic (exact) mass is 317 g/mol. The first kappa shape index (κ1) is 11.8. The van der Waals surface area contributed by atoms with E-state index >= 15 is 0 Å². The minimum Gasteiger partial charge on any atom is -0.304 e. The van der Waals surface area contributed by atoms with E-state index in [0.717, 1.165) is 5.69 Å². The molecule has 0 aliphatic heterocycles. The highest BCUT2D eigenvalue weighted by molar-refractivity contribution is 9.10. The number of nitrogens with one attached hydrogen (secondary N) is 1. The summed E-state index contributed by atoms with van der Waals surface area (Å²) in [5.74, 6) is 0.385. The lowest BCUT2D eigenvalue weighted by Gasteiger charge is -1.98. The number of H-pyrrole nitrogens is 1. The Morgan fingerprint density at radius 3 is 2.68 bits per heavy atom. The normalized spacial score (nSPS) is 10.6. The quantitative estimate of drug-likeness (QED) is 0.781. The molecule has 0 fully saturated rings. The van der Waals surface area contributed by atoms with E-state index < -0.39 is 0 Å². The molecule has 0 unspecified atom stereocenters. The molecular formula is C12H8BrN5O. The van der Waals surface area contributed by atoms with E-state index in [2.05, 4.69) is 36.1 Å². The van der Waals surface area contributed by atoms with Gasteiger partial charge in [0.1, 0.15) is 10.2 Å². The first-order valence-corrected chi connectivity index (χ1v) is 6.26. The van der Waals surface area contributed by atoms with Crippen molar-refractivity contribution >= 4 is 15.9 Å². The van der Waals surface area contributed by atoms with Gasteiger partial charge in [0.05, 0.1) is 11.9 Å². The summed E-state index contributed by atoms with van der Waals surface area (Å²) in [4.78, 5) is 19.7. The molecule has 6 nitrogen and oxygen atoms in total. The molecule has 0 spiro atoms. The summed E-state index contributed by atoms with van der Waals surface area (Å²) in [6.07, 6.45) is 2.99. The Labute approximate surface area is 116 Å². The molecule has 7 heteroatoms. The summed E-state index contributed by atoms with van der Waals surface area (Å²) in [6.45, 7) is 0. The molecule has 3 aromatic rings. The summed E-state index contributed by atoms with van der Waals surface area (Å²) in [5, 5.41) is 8.43. The largest absolute Gasteiger partial charge is 0.304 e. The van der Waals surface area contributed by atoms with Gasteiger partial charge in [-0.2, -0.15) is 9.90 Å². The van der Waals surface area contributed by atoms with Gasteiger partial charge in [0.15, 0.2) is 5.82 Å². The fraction of sp³-hybridized carbons (Fsp3) is 0. The van der Waals surface area contributed by atoms with E-state index in [1.165, 1.54) is 11.0 Å². The van der Waals surface area contributed by atoms with Gasteiger partial charge >= 0.3 is 0 Å². The average Bonchev–Trinajstić information content (AvgIpc) is 2.93. The van der Waals surface area contributed by atoms with Crippen molar-refractivity contribution in [3.8, 4) is 17.2 Å². The molecule has 0 amide bonds. The molecule has 0 radical (unpaired) electrons. The zero-order valence-corrected chi connectivity index (χ0v) is 11.2. The number of halogens is 1. The van der Waals surface area contributed by atoms with Crippen LogP contribution in [-0.4, -0.2) is 25.0 Å². The third-order valence-corrected chi connectivity index (χ3v) is 3.04. The van der Waals surface area contributed by atoms with Crippen LogP contribution in [0.5, 0.6) is 0 Å². The van der Waals surface area contributed by atoms with Crippen molar-refractivity contribution in [3.05, 3.63) is 57.6 Å². The maximum absolute atomic E-state index is 11.5. The number of nitrogens with zero attached hydrogens (tertiary/aromatic N) is 4. The molecule has 0 atom stereocenters. The molecule has 0 saturated carbocycles. The number of rotatable bonds is 2. The van der Waals surface area contributed by atoms with Gasteiger partial charge in [-0.15, -0.1) is 5.10 Å². The zero-order valence-electron chi connectivity index (χ0n) is 9.62. The first-order chi connectivity index (χ1) is 9.24. The smallest absolute Gasteiger partial charge is 0.265 e. The van der Waals surface area contributed by atoms with Gasteiger partial charge in [-0.25, -0.2) is 4.98 Å². The standard InChI is InChI=1S/C12H8BrN5O/c13-9-6-14-11(16-12(9)19)10-7-15-18(17-10)8-4-2-1-3-5-8/h1-7H,(H,14,16,19). The second-order valence-corrected chi connectivity index (χ2v) is 4.62. The van der Waals surface area contributed by atoms with Gasteiger partial charge in [-0.3, -0.25) is 4.79 Å². The van der Waals surface area contributed by atoms with Crippen molar-refractivity contribution in [2.45, 2.75) is 0 Å². The third-order valence-electron chi connectivity index (χ3n) is 2.48. The minimum absolute atomic E-state index is 0.251. The van der Waals surface area contributed by atoms with Gasteiger partial charge in [-0.1, -0.05) is 18.2 Å². The summed E-state index contributed by atoms with van der Waals surface area (Å²) in [6, 6.07) is 9.50. The van der Waals surface area contributed by atoms with E-state index in [0.29, 0.717) is 16.0 Å². The van der Waals surface area contributed by atoms with Crippen LogP contribution in [-0.2, 0) is 0 Å². The van der Waals surface area contributed by atoms with E-state index in [1.807, 2.05) is 30.3 Å². The number of hydrogen-bond donors (Lipinski definition) is 1. The van der Waals surface area contributed by atoms with Gasteiger partial charge in [0.25, 0.3) is 5.56 Å². The lowest BCUT2D eigenvalue weighted by Crippen LogP contribution is -2.09. The molecule has 0 saturated heterocycles.